The normalized spacial score (nSPS) is 16.5. The van der Waals surface area contributed by atoms with Crippen molar-refractivity contribution in [3.63, 3.8) is 0 Å². The van der Waals surface area contributed by atoms with Gasteiger partial charge in [0.25, 0.3) is 5.91 Å². The van der Waals surface area contributed by atoms with Crippen molar-refractivity contribution < 1.29 is 4.79 Å². The smallest absolute Gasteiger partial charge is 0.280 e. The van der Waals surface area contributed by atoms with Crippen molar-refractivity contribution in [1.29, 1.82) is 0 Å². The molecule has 6 nitrogen and oxygen atoms in total. The molecular formula is C22H19N5O. The van der Waals surface area contributed by atoms with Crippen LogP contribution in [0.3, 0.4) is 0 Å². The number of anilines is 3. The fourth-order valence-electron chi connectivity index (χ4n) is 2.87. The Morgan fingerprint density at radius 1 is 0.857 bits per heavy atom. The lowest BCUT2D eigenvalue weighted by Crippen LogP contribution is -2.29. The Morgan fingerprint density at radius 3 is 2.14 bits per heavy atom. The van der Waals surface area contributed by atoms with Crippen LogP contribution in [0, 0.1) is 0 Å². The molecule has 0 unspecified atom stereocenters. The minimum absolute atomic E-state index is 0.199. The topological polar surface area (TPSA) is 69.4 Å². The van der Waals surface area contributed by atoms with E-state index in [0.717, 1.165) is 17.1 Å². The Kier molecular flexibility index (Phi) is 4.93. The maximum Gasteiger partial charge on any atom is 0.280 e. The number of hydrogen-bond donors (Lipinski definition) is 1. The third kappa shape index (κ3) is 3.81. The second-order valence-corrected chi connectivity index (χ2v) is 6.38. The molecule has 1 aliphatic rings. The maximum absolute atomic E-state index is 12.6. The number of hydrazone groups is 1. The van der Waals surface area contributed by atoms with Crippen LogP contribution in [-0.2, 0) is 4.79 Å². The lowest BCUT2D eigenvalue weighted by atomic mass is 10.2. The van der Waals surface area contributed by atoms with Crippen molar-refractivity contribution in [3.05, 3.63) is 84.9 Å². The zero-order chi connectivity index (χ0) is 19.3. The summed E-state index contributed by atoms with van der Waals surface area (Å²) in [7, 11) is 0. The van der Waals surface area contributed by atoms with E-state index in [2.05, 4.69) is 20.6 Å². The number of azo groups is 1. The van der Waals surface area contributed by atoms with E-state index in [1.54, 1.807) is 6.92 Å². The highest BCUT2D eigenvalue weighted by Gasteiger charge is 2.34. The van der Waals surface area contributed by atoms with Crippen molar-refractivity contribution in [2.45, 2.75) is 13.0 Å². The number of nitrogens with zero attached hydrogens (tertiary/aromatic N) is 4. The van der Waals surface area contributed by atoms with E-state index in [9.17, 15) is 4.79 Å². The summed E-state index contributed by atoms with van der Waals surface area (Å²) in [6.45, 7) is 1.79. The molecule has 1 atom stereocenters. The van der Waals surface area contributed by atoms with Gasteiger partial charge in [-0.3, -0.25) is 4.79 Å². The number of benzene rings is 3. The molecule has 1 amide bonds. The zero-order valence-electron chi connectivity index (χ0n) is 15.4. The molecule has 0 bridgehead atoms. The van der Waals surface area contributed by atoms with Crippen LogP contribution in [0.5, 0.6) is 0 Å². The monoisotopic (exact) mass is 369 g/mol. The van der Waals surface area contributed by atoms with Crippen LogP contribution in [0.2, 0.25) is 0 Å². The van der Waals surface area contributed by atoms with Crippen LogP contribution < -0.4 is 10.3 Å². The number of nitrogens with one attached hydrogen (secondary N) is 1. The lowest BCUT2D eigenvalue weighted by molar-refractivity contribution is -0.117. The summed E-state index contributed by atoms with van der Waals surface area (Å²) in [5.74, 6) is -0.199. The highest BCUT2D eigenvalue weighted by molar-refractivity contribution is 6.18. The minimum atomic E-state index is -0.692. The Labute approximate surface area is 163 Å². The van der Waals surface area contributed by atoms with Gasteiger partial charge in [-0.15, -0.1) is 0 Å². The quantitative estimate of drug-likeness (QED) is 0.620. The summed E-state index contributed by atoms with van der Waals surface area (Å²) >= 11 is 0. The first-order valence-corrected chi connectivity index (χ1v) is 8.98. The molecule has 1 heterocycles. The Balaban J connectivity index is 1.44. The number of carbonyl (C=O) groups excluding carboxylic acids is 1. The van der Waals surface area contributed by atoms with Crippen molar-refractivity contribution in [3.8, 4) is 0 Å². The summed E-state index contributed by atoms with van der Waals surface area (Å²) in [6.07, 6.45) is 0. The molecule has 28 heavy (non-hydrogen) atoms. The molecular weight excluding hydrogens is 350 g/mol. The van der Waals surface area contributed by atoms with E-state index in [-0.39, 0.29) is 5.91 Å². The van der Waals surface area contributed by atoms with Crippen LogP contribution in [-0.4, -0.2) is 17.7 Å². The van der Waals surface area contributed by atoms with Gasteiger partial charge in [-0.2, -0.15) is 20.3 Å². The summed E-state index contributed by atoms with van der Waals surface area (Å²) in [5, 5.41) is 17.5. The number of hydrogen-bond acceptors (Lipinski definition) is 5. The summed E-state index contributed by atoms with van der Waals surface area (Å²) in [6, 6.07) is 26.1. The van der Waals surface area contributed by atoms with Gasteiger partial charge in [0.05, 0.1) is 17.1 Å². The predicted molar refractivity (Wildman–Crippen MR) is 112 cm³/mol. The first kappa shape index (κ1) is 17.6. The molecule has 1 aliphatic heterocycles. The Morgan fingerprint density at radius 2 is 1.46 bits per heavy atom. The van der Waals surface area contributed by atoms with Crippen LogP contribution in [0.15, 0.2) is 100 Å². The van der Waals surface area contributed by atoms with E-state index in [4.69, 9.17) is 0 Å². The Bertz CT molecular complexity index is 1010. The molecule has 4 rings (SSSR count). The largest absolute Gasteiger partial charge is 0.356 e. The van der Waals surface area contributed by atoms with Gasteiger partial charge in [-0.25, -0.2) is 0 Å². The maximum atomic E-state index is 12.6. The van der Waals surface area contributed by atoms with Gasteiger partial charge >= 0.3 is 0 Å². The molecule has 0 fully saturated rings. The summed E-state index contributed by atoms with van der Waals surface area (Å²) in [5.41, 5.74) is 3.99. The van der Waals surface area contributed by atoms with Crippen molar-refractivity contribution in [2.75, 3.05) is 10.3 Å². The second-order valence-electron chi connectivity index (χ2n) is 6.38. The molecule has 0 aliphatic carbocycles. The molecule has 0 radical (unpaired) electrons. The molecule has 0 saturated carbocycles. The van der Waals surface area contributed by atoms with Gasteiger partial charge in [-0.05, 0) is 55.5 Å². The zero-order valence-corrected chi connectivity index (χ0v) is 15.4. The number of para-hydroxylation sites is 2. The van der Waals surface area contributed by atoms with E-state index in [1.807, 2.05) is 84.9 Å². The SMILES string of the molecule is CC1=NN(c2ccccc2)C(=O)[C@H]1N=Nc1ccc(Nc2ccccc2)cc1. The fourth-order valence-corrected chi connectivity index (χ4v) is 2.87. The predicted octanol–water partition coefficient (Wildman–Crippen LogP) is 5.31. The van der Waals surface area contributed by atoms with Crippen LogP contribution in [0.4, 0.5) is 22.7 Å². The number of carbonyl (C=O) groups is 1. The fraction of sp³-hybridized carbons (Fsp3) is 0.0909. The minimum Gasteiger partial charge on any atom is -0.356 e. The molecule has 1 N–H and O–H groups in total. The van der Waals surface area contributed by atoms with Crippen LogP contribution in [0.25, 0.3) is 0 Å². The first-order chi connectivity index (χ1) is 13.7. The average Bonchev–Trinajstić information content (AvgIpc) is 3.02. The Hall–Kier alpha value is -3.80. The second kappa shape index (κ2) is 7.84. The van der Waals surface area contributed by atoms with Gasteiger partial charge in [0.1, 0.15) is 0 Å². The van der Waals surface area contributed by atoms with E-state index in [1.165, 1.54) is 5.01 Å². The molecule has 6 heteroatoms. The molecule has 3 aromatic carbocycles. The van der Waals surface area contributed by atoms with Gasteiger partial charge < -0.3 is 5.32 Å². The van der Waals surface area contributed by atoms with Gasteiger partial charge in [0.15, 0.2) is 6.04 Å². The van der Waals surface area contributed by atoms with Gasteiger partial charge in [0.2, 0.25) is 0 Å². The summed E-state index contributed by atoms with van der Waals surface area (Å²) in [4.78, 5) is 12.6. The number of amides is 1. The third-order valence-corrected chi connectivity index (χ3v) is 4.32. The molecule has 3 aromatic rings. The van der Waals surface area contributed by atoms with E-state index < -0.39 is 6.04 Å². The van der Waals surface area contributed by atoms with Gasteiger partial charge in [0, 0.05) is 11.4 Å². The first-order valence-electron chi connectivity index (χ1n) is 8.98. The van der Waals surface area contributed by atoms with E-state index >= 15 is 0 Å². The third-order valence-electron chi connectivity index (χ3n) is 4.32. The van der Waals surface area contributed by atoms with E-state index in [0.29, 0.717) is 11.4 Å². The van der Waals surface area contributed by atoms with Crippen LogP contribution >= 0.6 is 0 Å². The van der Waals surface area contributed by atoms with Crippen molar-refractivity contribution in [1.82, 2.24) is 0 Å². The molecule has 0 spiro atoms. The lowest BCUT2D eigenvalue weighted by Gasteiger charge is -2.11. The standard InChI is InChI=1S/C22H19N5O/c1-16-21(22(28)27(26-16)20-10-6-3-7-11-20)25-24-19-14-12-18(13-15-19)23-17-8-4-2-5-9-17/h2-15,21,23H,1H3/t21-/m0/s1. The molecule has 0 saturated heterocycles. The average molecular weight is 369 g/mol. The highest BCUT2D eigenvalue weighted by Crippen LogP contribution is 2.24. The van der Waals surface area contributed by atoms with Crippen molar-refractivity contribution >= 4 is 34.4 Å². The van der Waals surface area contributed by atoms with Crippen molar-refractivity contribution in [2.24, 2.45) is 15.3 Å². The summed E-state index contributed by atoms with van der Waals surface area (Å²) < 4.78 is 0. The number of rotatable bonds is 5. The van der Waals surface area contributed by atoms with Crippen LogP contribution in [0.1, 0.15) is 6.92 Å². The highest BCUT2D eigenvalue weighted by atomic mass is 16.2. The molecule has 138 valence electrons. The molecule has 0 aromatic heterocycles. The van der Waals surface area contributed by atoms with Gasteiger partial charge in [-0.1, -0.05) is 36.4 Å².